The SMILES string of the molecule is Cc1cc(C(=O)N2CCNC(=O)C2(C)C)ccc1Cl. The van der Waals surface area contributed by atoms with Crippen molar-refractivity contribution in [2.24, 2.45) is 0 Å². The van der Waals surface area contributed by atoms with Crippen molar-refractivity contribution in [3.63, 3.8) is 0 Å². The Kier molecular flexibility index (Phi) is 3.54. The lowest BCUT2D eigenvalue weighted by Gasteiger charge is -2.41. The maximum Gasteiger partial charge on any atom is 0.254 e. The Labute approximate surface area is 117 Å². The van der Waals surface area contributed by atoms with Gasteiger partial charge in [-0.25, -0.2) is 0 Å². The molecule has 0 saturated carbocycles. The first kappa shape index (κ1) is 13.9. The molecular formula is C14H17ClN2O2. The molecule has 1 aliphatic heterocycles. The van der Waals surface area contributed by atoms with Gasteiger partial charge in [0, 0.05) is 23.7 Å². The van der Waals surface area contributed by atoms with Crippen molar-refractivity contribution in [3.8, 4) is 0 Å². The molecule has 1 aromatic rings. The summed E-state index contributed by atoms with van der Waals surface area (Å²) in [6.45, 7) is 6.36. The molecule has 1 heterocycles. The Hall–Kier alpha value is -1.55. The number of carbonyl (C=O) groups excluding carboxylic acids is 2. The summed E-state index contributed by atoms with van der Waals surface area (Å²) >= 11 is 5.96. The van der Waals surface area contributed by atoms with Crippen LogP contribution >= 0.6 is 11.6 Å². The third-order valence-corrected chi connectivity index (χ3v) is 3.93. The Morgan fingerprint density at radius 2 is 2.11 bits per heavy atom. The summed E-state index contributed by atoms with van der Waals surface area (Å²) in [5.41, 5.74) is 0.583. The second-order valence-electron chi connectivity index (χ2n) is 5.24. The summed E-state index contributed by atoms with van der Waals surface area (Å²) in [6, 6.07) is 5.16. The first-order valence-electron chi connectivity index (χ1n) is 6.20. The molecule has 0 aliphatic carbocycles. The molecule has 2 rings (SSSR count). The maximum absolute atomic E-state index is 12.5. The van der Waals surface area contributed by atoms with E-state index in [0.29, 0.717) is 23.7 Å². The number of hydrogen-bond donors (Lipinski definition) is 1. The number of carbonyl (C=O) groups is 2. The van der Waals surface area contributed by atoms with Crippen molar-refractivity contribution < 1.29 is 9.59 Å². The molecule has 19 heavy (non-hydrogen) atoms. The number of benzene rings is 1. The highest BCUT2D eigenvalue weighted by Crippen LogP contribution is 2.23. The highest BCUT2D eigenvalue weighted by atomic mass is 35.5. The van der Waals surface area contributed by atoms with Crippen LogP contribution in [-0.4, -0.2) is 35.3 Å². The zero-order chi connectivity index (χ0) is 14.2. The molecule has 0 unspecified atom stereocenters. The Morgan fingerprint density at radius 3 is 2.74 bits per heavy atom. The maximum atomic E-state index is 12.5. The molecule has 0 bridgehead atoms. The van der Waals surface area contributed by atoms with Gasteiger partial charge in [0.1, 0.15) is 5.54 Å². The van der Waals surface area contributed by atoms with Crippen LogP contribution in [0.15, 0.2) is 18.2 Å². The van der Waals surface area contributed by atoms with Crippen LogP contribution in [0, 0.1) is 6.92 Å². The van der Waals surface area contributed by atoms with Crippen molar-refractivity contribution in [1.82, 2.24) is 10.2 Å². The van der Waals surface area contributed by atoms with Gasteiger partial charge >= 0.3 is 0 Å². The normalized spacial score (nSPS) is 18.1. The van der Waals surface area contributed by atoms with Gasteiger partial charge in [0.15, 0.2) is 0 Å². The number of amides is 2. The lowest BCUT2D eigenvalue weighted by molar-refractivity contribution is -0.133. The predicted molar refractivity (Wildman–Crippen MR) is 74.3 cm³/mol. The molecule has 4 nitrogen and oxygen atoms in total. The minimum absolute atomic E-state index is 0.127. The summed E-state index contributed by atoms with van der Waals surface area (Å²) in [6.07, 6.45) is 0. The van der Waals surface area contributed by atoms with E-state index >= 15 is 0 Å². The van der Waals surface area contributed by atoms with Gasteiger partial charge in [-0.15, -0.1) is 0 Å². The molecule has 1 saturated heterocycles. The lowest BCUT2D eigenvalue weighted by Crippen LogP contribution is -2.63. The van der Waals surface area contributed by atoms with Crippen LogP contribution in [0.5, 0.6) is 0 Å². The van der Waals surface area contributed by atoms with Gasteiger partial charge < -0.3 is 10.2 Å². The van der Waals surface area contributed by atoms with Gasteiger partial charge in [-0.1, -0.05) is 11.6 Å². The van der Waals surface area contributed by atoms with Gasteiger partial charge in [-0.3, -0.25) is 9.59 Å². The largest absolute Gasteiger partial charge is 0.352 e. The van der Waals surface area contributed by atoms with E-state index in [4.69, 9.17) is 11.6 Å². The molecule has 0 atom stereocenters. The number of rotatable bonds is 1. The minimum atomic E-state index is -0.830. The summed E-state index contributed by atoms with van der Waals surface area (Å²) < 4.78 is 0. The summed E-state index contributed by atoms with van der Waals surface area (Å²) in [5.74, 6) is -0.266. The van der Waals surface area contributed by atoms with Gasteiger partial charge in [0.25, 0.3) is 5.91 Å². The van der Waals surface area contributed by atoms with E-state index in [9.17, 15) is 9.59 Å². The second-order valence-corrected chi connectivity index (χ2v) is 5.64. The van der Waals surface area contributed by atoms with E-state index in [0.717, 1.165) is 5.56 Å². The Balaban J connectivity index is 2.32. The van der Waals surface area contributed by atoms with Crippen molar-refractivity contribution in [2.75, 3.05) is 13.1 Å². The number of nitrogens with one attached hydrogen (secondary N) is 1. The van der Waals surface area contributed by atoms with Crippen molar-refractivity contribution in [2.45, 2.75) is 26.3 Å². The fraction of sp³-hybridized carbons (Fsp3) is 0.429. The third-order valence-electron chi connectivity index (χ3n) is 3.50. The second kappa shape index (κ2) is 4.85. The Morgan fingerprint density at radius 1 is 1.42 bits per heavy atom. The van der Waals surface area contributed by atoms with Gasteiger partial charge in [0.2, 0.25) is 5.91 Å². The fourth-order valence-corrected chi connectivity index (χ4v) is 2.31. The summed E-state index contributed by atoms with van der Waals surface area (Å²) in [7, 11) is 0. The van der Waals surface area contributed by atoms with Gasteiger partial charge in [0.05, 0.1) is 0 Å². The van der Waals surface area contributed by atoms with E-state index in [1.54, 1.807) is 36.9 Å². The molecule has 1 aromatic carbocycles. The summed E-state index contributed by atoms with van der Waals surface area (Å²) in [5, 5.41) is 3.41. The first-order valence-corrected chi connectivity index (χ1v) is 6.58. The van der Waals surface area contributed by atoms with Crippen LogP contribution in [0.1, 0.15) is 29.8 Å². The van der Waals surface area contributed by atoms with Crippen LogP contribution in [0.25, 0.3) is 0 Å². The van der Waals surface area contributed by atoms with Gasteiger partial charge in [-0.2, -0.15) is 0 Å². The van der Waals surface area contributed by atoms with E-state index < -0.39 is 5.54 Å². The van der Waals surface area contributed by atoms with Crippen LogP contribution in [-0.2, 0) is 4.79 Å². The number of piperazine rings is 1. The zero-order valence-electron chi connectivity index (χ0n) is 11.3. The molecule has 0 aromatic heterocycles. The lowest BCUT2D eigenvalue weighted by atomic mass is 9.97. The van der Waals surface area contributed by atoms with Crippen LogP contribution in [0.3, 0.4) is 0 Å². The molecule has 5 heteroatoms. The quantitative estimate of drug-likeness (QED) is 0.855. The van der Waals surface area contributed by atoms with Crippen molar-refractivity contribution >= 4 is 23.4 Å². The molecular weight excluding hydrogens is 264 g/mol. The van der Waals surface area contributed by atoms with Crippen LogP contribution in [0.2, 0.25) is 5.02 Å². The minimum Gasteiger partial charge on any atom is -0.352 e. The average molecular weight is 281 g/mol. The Bertz CT molecular complexity index is 540. The van der Waals surface area contributed by atoms with E-state index in [1.165, 1.54) is 0 Å². The number of aryl methyl sites for hydroxylation is 1. The smallest absolute Gasteiger partial charge is 0.254 e. The molecule has 1 N–H and O–H groups in total. The monoisotopic (exact) mass is 280 g/mol. The third kappa shape index (κ3) is 2.45. The van der Waals surface area contributed by atoms with Crippen LogP contribution in [0.4, 0.5) is 0 Å². The highest BCUT2D eigenvalue weighted by molar-refractivity contribution is 6.31. The first-order chi connectivity index (χ1) is 8.84. The molecule has 1 aliphatic rings. The number of hydrogen-bond acceptors (Lipinski definition) is 2. The van der Waals surface area contributed by atoms with Crippen molar-refractivity contribution in [1.29, 1.82) is 0 Å². The van der Waals surface area contributed by atoms with E-state index in [-0.39, 0.29) is 11.8 Å². The summed E-state index contributed by atoms with van der Waals surface area (Å²) in [4.78, 5) is 26.0. The molecule has 0 spiro atoms. The number of nitrogens with zero attached hydrogens (tertiary/aromatic N) is 1. The van der Waals surface area contributed by atoms with E-state index in [2.05, 4.69) is 5.32 Å². The molecule has 0 radical (unpaired) electrons. The topological polar surface area (TPSA) is 49.4 Å². The zero-order valence-corrected chi connectivity index (χ0v) is 12.0. The standard InChI is InChI=1S/C14H17ClN2O2/c1-9-8-10(4-5-11(9)15)12(18)17-7-6-16-13(19)14(17,2)3/h4-5,8H,6-7H2,1-3H3,(H,16,19). The average Bonchev–Trinajstić information content (AvgIpc) is 2.35. The van der Waals surface area contributed by atoms with Crippen molar-refractivity contribution in [3.05, 3.63) is 34.3 Å². The number of halogens is 1. The van der Waals surface area contributed by atoms with Crippen LogP contribution < -0.4 is 5.32 Å². The molecule has 2 amide bonds. The van der Waals surface area contributed by atoms with E-state index in [1.807, 2.05) is 6.92 Å². The highest BCUT2D eigenvalue weighted by Gasteiger charge is 2.40. The van der Waals surface area contributed by atoms with Gasteiger partial charge in [-0.05, 0) is 44.5 Å². The molecule has 1 fully saturated rings. The fourth-order valence-electron chi connectivity index (χ4n) is 2.19. The predicted octanol–water partition coefficient (Wildman–Crippen LogP) is 2.00. The molecule has 102 valence electrons.